The number of aliphatic hydroxyl groups is 1. The van der Waals surface area contributed by atoms with Crippen LogP contribution in [0.1, 0.15) is 43.1 Å². The largest absolute Gasteiger partial charge is 0.386 e. The third-order valence-electron chi connectivity index (χ3n) is 2.79. The second kappa shape index (κ2) is 5.27. The summed E-state index contributed by atoms with van der Waals surface area (Å²) in [5, 5.41) is 14.3. The second-order valence-corrected chi connectivity index (χ2v) is 4.69. The summed E-state index contributed by atoms with van der Waals surface area (Å²) in [5.74, 6) is 0.779. The maximum Gasteiger partial charge on any atom is 0.138 e. The molecule has 0 saturated heterocycles. The van der Waals surface area contributed by atoms with Crippen LogP contribution in [0, 0.1) is 6.92 Å². The van der Waals surface area contributed by atoms with E-state index in [2.05, 4.69) is 15.1 Å². The molecule has 1 N–H and O–H groups in total. The molecule has 0 aliphatic carbocycles. The molecule has 0 amide bonds. The van der Waals surface area contributed by atoms with Crippen LogP contribution in [-0.2, 0) is 6.42 Å². The highest BCUT2D eigenvalue weighted by molar-refractivity contribution is 5.17. The van der Waals surface area contributed by atoms with Crippen molar-refractivity contribution >= 4 is 0 Å². The van der Waals surface area contributed by atoms with E-state index in [1.165, 1.54) is 6.33 Å². The van der Waals surface area contributed by atoms with E-state index in [9.17, 15) is 5.11 Å². The zero-order chi connectivity index (χ0) is 13.1. The molecule has 2 rings (SSSR count). The Bertz CT molecular complexity index is 521. The first-order valence-electron chi connectivity index (χ1n) is 6.07. The maximum atomic E-state index is 10.2. The van der Waals surface area contributed by atoms with Crippen LogP contribution in [0.15, 0.2) is 24.7 Å². The first-order chi connectivity index (χ1) is 8.58. The van der Waals surface area contributed by atoms with Gasteiger partial charge in [-0.3, -0.25) is 4.98 Å². The van der Waals surface area contributed by atoms with E-state index in [-0.39, 0.29) is 6.04 Å². The average Bonchev–Trinajstić information content (AvgIpc) is 2.77. The van der Waals surface area contributed by atoms with Crippen molar-refractivity contribution < 1.29 is 5.11 Å². The number of hydrogen-bond acceptors (Lipinski definition) is 4. The molecule has 5 nitrogen and oxygen atoms in total. The number of rotatable bonds is 4. The molecule has 0 radical (unpaired) electrons. The van der Waals surface area contributed by atoms with E-state index in [4.69, 9.17) is 0 Å². The van der Waals surface area contributed by atoms with Gasteiger partial charge >= 0.3 is 0 Å². The summed E-state index contributed by atoms with van der Waals surface area (Å²) in [6, 6.07) is 4.04. The van der Waals surface area contributed by atoms with Crippen molar-refractivity contribution in [2.75, 3.05) is 0 Å². The molecule has 1 unspecified atom stereocenters. The van der Waals surface area contributed by atoms with E-state index in [1.807, 2.05) is 37.6 Å². The smallest absolute Gasteiger partial charge is 0.138 e. The molecular formula is C13H18N4O. The van der Waals surface area contributed by atoms with E-state index in [0.29, 0.717) is 12.1 Å². The molecule has 0 spiro atoms. The summed E-state index contributed by atoms with van der Waals surface area (Å²) < 4.78 is 1.82. The van der Waals surface area contributed by atoms with Crippen molar-refractivity contribution in [1.82, 2.24) is 19.7 Å². The Hall–Kier alpha value is -1.75. The molecule has 2 heterocycles. The highest BCUT2D eigenvalue weighted by Crippen LogP contribution is 2.17. The van der Waals surface area contributed by atoms with Crippen LogP contribution in [0.3, 0.4) is 0 Å². The highest BCUT2D eigenvalue weighted by atomic mass is 16.3. The molecule has 0 saturated carbocycles. The summed E-state index contributed by atoms with van der Waals surface area (Å²) in [6.07, 6.45) is 3.01. The van der Waals surface area contributed by atoms with Crippen LogP contribution >= 0.6 is 0 Å². The minimum absolute atomic E-state index is 0.236. The van der Waals surface area contributed by atoms with Gasteiger partial charge < -0.3 is 5.11 Å². The summed E-state index contributed by atoms with van der Waals surface area (Å²) in [6.45, 7) is 6.06. The minimum Gasteiger partial charge on any atom is -0.386 e. The van der Waals surface area contributed by atoms with Crippen molar-refractivity contribution in [3.05, 3.63) is 41.7 Å². The number of pyridine rings is 1. The molecule has 0 fully saturated rings. The normalized spacial score (nSPS) is 12.9. The maximum absolute atomic E-state index is 10.2. The number of hydrogen-bond donors (Lipinski definition) is 1. The number of aryl methyl sites for hydroxylation is 1. The lowest BCUT2D eigenvalue weighted by atomic mass is 10.1. The number of aliphatic hydroxyl groups excluding tert-OH is 1. The van der Waals surface area contributed by atoms with Gasteiger partial charge in [-0.25, -0.2) is 9.67 Å². The van der Waals surface area contributed by atoms with Gasteiger partial charge in [-0.15, -0.1) is 0 Å². The average molecular weight is 246 g/mol. The number of nitrogens with zero attached hydrogens (tertiary/aromatic N) is 4. The van der Waals surface area contributed by atoms with Crippen molar-refractivity contribution in [2.24, 2.45) is 0 Å². The third-order valence-corrected chi connectivity index (χ3v) is 2.79. The van der Waals surface area contributed by atoms with Crippen LogP contribution < -0.4 is 0 Å². The Balaban J connectivity index is 2.16. The quantitative estimate of drug-likeness (QED) is 0.894. The minimum atomic E-state index is -0.647. The van der Waals surface area contributed by atoms with Crippen LogP contribution in [0.4, 0.5) is 0 Å². The summed E-state index contributed by atoms with van der Waals surface area (Å²) in [7, 11) is 0. The molecule has 18 heavy (non-hydrogen) atoms. The molecule has 1 atom stereocenters. The van der Waals surface area contributed by atoms with Crippen molar-refractivity contribution in [3.8, 4) is 0 Å². The zero-order valence-electron chi connectivity index (χ0n) is 10.9. The van der Waals surface area contributed by atoms with Gasteiger partial charge in [-0.2, -0.15) is 5.10 Å². The fraction of sp³-hybridized carbons (Fsp3) is 0.462. The Morgan fingerprint density at radius 1 is 1.33 bits per heavy atom. The topological polar surface area (TPSA) is 63.8 Å². The van der Waals surface area contributed by atoms with Gasteiger partial charge in [0.05, 0.1) is 5.69 Å². The highest BCUT2D eigenvalue weighted by Gasteiger charge is 2.15. The summed E-state index contributed by atoms with van der Waals surface area (Å²) in [5.41, 5.74) is 1.76. The molecule has 2 aromatic rings. The zero-order valence-corrected chi connectivity index (χ0v) is 10.9. The Morgan fingerprint density at radius 2 is 2.11 bits per heavy atom. The van der Waals surface area contributed by atoms with Gasteiger partial charge in [0.2, 0.25) is 0 Å². The first kappa shape index (κ1) is 12.7. The lowest BCUT2D eigenvalue weighted by molar-refractivity contribution is 0.168. The molecule has 0 aliphatic heterocycles. The van der Waals surface area contributed by atoms with Gasteiger partial charge in [-0.05, 0) is 38.5 Å². The van der Waals surface area contributed by atoms with Gasteiger partial charge in [0.15, 0.2) is 0 Å². The van der Waals surface area contributed by atoms with E-state index < -0.39 is 6.10 Å². The molecule has 0 bridgehead atoms. The third kappa shape index (κ3) is 2.73. The van der Waals surface area contributed by atoms with Crippen LogP contribution in [0.2, 0.25) is 0 Å². The fourth-order valence-corrected chi connectivity index (χ4v) is 1.87. The van der Waals surface area contributed by atoms with Crippen molar-refractivity contribution in [3.63, 3.8) is 0 Å². The van der Waals surface area contributed by atoms with Crippen LogP contribution in [-0.4, -0.2) is 24.9 Å². The second-order valence-electron chi connectivity index (χ2n) is 4.69. The van der Waals surface area contributed by atoms with Crippen LogP contribution in [0.25, 0.3) is 0 Å². The molecular weight excluding hydrogens is 228 g/mol. The van der Waals surface area contributed by atoms with E-state index in [1.54, 1.807) is 6.20 Å². The summed E-state index contributed by atoms with van der Waals surface area (Å²) >= 11 is 0. The number of aromatic nitrogens is 4. The SMILES string of the molecule is Cc1ccnc(C(O)Cc2ncnn2C(C)C)c1. The van der Waals surface area contributed by atoms with Crippen LogP contribution in [0.5, 0.6) is 0 Å². The molecule has 5 heteroatoms. The van der Waals surface area contributed by atoms with Crippen molar-refractivity contribution in [1.29, 1.82) is 0 Å². The lowest BCUT2D eigenvalue weighted by Crippen LogP contribution is -2.13. The lowest BCUT2D eigenvalue weighted by Gasteiger charge is -2.13. The Kier molecular flexibility index (Phi) is 3.72. The van der Waals surface area contributed by atoms with Gasteiger partial charge in [-0.1, -0.05) is 0 Å². The predicted octanol–water partition coefficient (Wildman–Crippen LogP) is 1.84. The predicted molar refractivity (Wildman–Crippen MR) is 68.0 cm³/mol. The molecule has 96 valence electrons. The Morgan fingerprint density at radius 3 is 2.78 bits per heavy atom. The first-order valence-corrected chi connectivity index (χ1v) is 6.07. The van der Waals surface area contributed by atoms with Gasteiger partial charge in [0.1, 0.15) is 18.3 Å². The molecule has 0 aliphatic rings. The molecule has 2 aromatic heterocycles. The summed E-state index contributed by atoms with van der Waals surface area (Å²) in [4.78, 5) is 8.38. The fourth-order valence-electron chi connectivity index (χ4n) is 1.87. The van der Waals surface area contributed by atoms with E-state index in [0.717, 1.165) is 11.4 Å². The van der Waals surface area contributed by atoms with Crippen molar-refractivity contribution in [2.45, 2.75) is 39.3 Å². The Labute approximate surface area is 107 Å². The standard InChI is InChI=1S/C13H18N4O/c1-9(2)17-13(15-8-16-17)7-12(18)11-6-10(3)4-5-14-11/h4-6,8-9,12,18H,7H2,1-3H3. The van der Waals surface area contributed by atoms with Gasteiger partial charge in [0.25, 0.3) is 0 Å². The van der Waals surface area contributed by atoms with E-state index >= 15 is 0 Å². The monoisotopic (exact) mass is 246 g/mol. The van der Waals surface area contributed by atoms with Gasteiger partial charge in [0, 0.05) is 18.7 Å². The molecule has 0 aromatic carbocycles.